The third-order valence-electron chi connectivity index (χ3n) is 6.66. The maximum absolute atomic E-state index is 14.3. The summed E-state index contributed by atoms with van der Waals surface area (Å²) in [5, 5.41) is 5.64. The molecule has 9 nitrogen and oxygen atoms in total. The van der Waals surface area contributed by atoms with Crippen molar-refractivity contribution in [3.05, 3.63) is 35.4 Å². The van der Waals surface area contributed by atoms with Crippen molar-refractivity contribution in [2.24, 2.45) is 5.92 Å². The molecule has 1 rings (SSSR count). The second-order valence-corrected chi connectivity index (χ2v) is 11.2. The smallest absolute Gasteiger partial charge is 0.408 e. The van der Waals surface area contributed by atoms with Gasteiger partial charge in [0.1, 0.15) is 17.7 Å². The van der Waals surface area contributed by atoms with E-state index in [0.717, 1.165) is 24.8 Å². The molecule has 3 unspecified atom stereocenters. The Labute approximate surface area is 240 Å². The Balaban J connectivity index is 3.47. The minimum absolute atomic E-state index is 0.0280. The van der Waals surface area contributed by atoms with Gasteiger partial charge in [-0.1, -0.05) is 70.7 Å². The van der Waals surface area contributed by atoms with Gasteiger partial charge in [-0.2, -0.15) is 0 Å². The molecule has 0 heterocycles. The number of unbranched alkanes of at least 4 members (excludes halogenated alkanes) is 3. The number of hydrogen-bond donors (Lipinski definition) is 2. The van der Waals surface area contributed by atoms with Crippen LogP contribution in [-0.4, -0.2) is 60.1 Å². The molecule has 0 bridgehead atoms. The first-order chi connectivity index (χ1) is 18.9. The molecule has 0 aliphatic carbocycles. The number of carbonyl (C=O) groups excluding carboxylic acids is 4. The van der Waals surface area contributed by atoms with E-state index >= 15 is 0 Å². The first kappa shape index (κ1) is 34.9. The molecular weight excluding hydrogens is 510 g/mol. The highest BCUT2D eigenvalue weighted by molar-refractivity contribution is 5.92. The van der Waals surface area contributed by atoms with E-state index in [2.05, 4.69) is 17.6 Å². The second-order valence-electron chi connectivity index (χ2n) is 11.2. The molecule has 0 spiro atoms. The lowest BCUT2D eigenvalue weighted by molar-refractivity contribution is -0.145. The first-order valence-corrected chi connectivity index (χ1v) is 14.6. The van der Waals surface area contributed by atoms with Crippen molar-refractivity contribution < 1.29 is 28.7 Å². The average molecular weight is 562 g/mol. The third kappa shape index (κ3) is 12.0. The molecule has 0 saturated carbocycles. The van der Waals surface area contributed by atoms with Crippen molar-refractivity contribution in [3.63, 3.8) is 0 Å². The molecule has 1 aromatic rings. The van der Waals surface area contributed by atoms with Crippen LogP contribution < -0.4 is 10.6 Å². The summed E-state index contributed by atoms with van der Waals surface area (Å²) < 4.78 is 10.5. The van der Waals surface area contributed by atoms with Crippen molar-refractivity contribution in [1.82, 2.24) is 15.5 Å². The van der Waals surface area contributed by atoms with E-state index in [4.69, 9.17) is 9.47 Å². The number of esters is 1. The Morgan fingerprint density at radius 2 is 1.68 bits per heavy atom. The van der Waals surface area contributed by atoms with Crippen molar-refractivity contribution >= 4 is 23.9 Å². The van der Waals surface area contributed by atoms with E-state index in [9.17, 15) is 19.2 Å². The number of nitrogens with zero attached hydrogens (tertiary/aromatic N) is 1. The van der Waals surface area contributed by atoms with Crippen LogP contribution in [0.25, 0.3) is 0 Å². The van der Waals surface area contributed by atoms with Crippen LogP contribution in [0.15, 0.2) is 24.3 Å². The summed E-state index contributed by atoms with van der Waals surface area (Å²) in [6, 6.07) is 5.64. The molecule has 3 atom stereocenters. The number of aryl methyl sites for hydroxylation is 1. The van der Waals surface area contributed by atoms with Crippen LogP contribution in [-0.2, 0) is 23.9 Å². The molecule has 0 saturated heterocycles. The summed E-state index contributed by atoms with van der Waals surface area (Å²) in [7, 11) is 0. The minimum Gasteiger partial charge on any atom is -0.466 e. The molecule has 2 N–H and O–H groups in total. The molecule has 0 aromatic heterocycles. The average Bonchev–Trinajstić information content (AvgIpc) is 2.88. The monoisotopic (exact) mass is 561 g/mol. The summed E-state index contributed by atoms with van der Waals surface area (Å²) in [6.45, 7) is 15.6. The largest absolute Gasteiger partial charge is 0.466 e. The lowest BCUT2D eigenvalue weighted by atomic mass is 9.94. The van der Waals surface area contributed by atoms with E-state index in [1.165, 1.54) is 0 Å². The molecule has 1 aromatic carbocycles. The molecule has 0 aliphatic heterocycles. The Bertz CT molecular complexity index is 959. The summed E-state index contributed by atoms with van der Waals surface area (Å²) in [5.41, 5.74) is 0.829. The van der Waals surface area contributed by atoms with Gasteiger partial charge in [0.25, 0.3) is 0 Å². The van der Waals surface area contributed by atoms with Crippen LogP contribution >= 0.6 is 0 Å². The van der Waals surface area contributed by atoms with Crippen molar-refractivity contribution in [3.8, 4) is 0 Å². The van der Waals surface area contributed by atoms with Gasteiger partial charge in [-0.25, -0.2) is 4.79 Å². The zero-order valence-corrected chi connectivity index (χ0v) is 25.8. The van der Waals surface area contributed by atoms with Crippen LogP contribution in [0.5, 0.6) is 0 Å². The molecule has 0 fully saturated rings. The number of benzene rings is 1. The molecular formula is C31H51N3O6. The van der Waals surface area contributed by atoms with Gasteiger partial charge in [0.05, 0.1) is 13.0 Å². The van der Waals surface area contributed by atoms with Crippen LogP contribution in [0, 0.1) is 12.8 Å². The summed E-state index contributed by atoms with van der Waals surface area (Å²) >= 11 is 0. The summed E-state index contributed by atoms with van der Waals surface area (Å²) in [4.78, 5) is 54.3. The van der Waals surface area contributed by atoms with E-state index in [1.807, 2.05) is 45.0 Å². The minimum atomic E-state index is -0.940. The normalized spacial score (nSPS) is 13.5. The fourth-order valence-electron chi connectivity index (χ4n) is 4.33. The summed E-state index contributed by atoms with van der Waals surface area (Å²) in [6.07, 6.45) is 3.63. The maximum Gasteiger partial charge on any atom is 0.408 e. The maximum atomic E-state index is 14.3. The number of ether oxygens (including phenoxy) is 2. The predicted molar refractivity (Wildman–Crippen MR) is 157 cm³/mol. The van der Waals surface area contributed by atoms with Gasteiger partial charge >= 0.3 is 12.1 Å². The summed E-state index contributed by atoms with van der Waals surface area (Å²) in [5.74, 6) is -1.34. The van der Waals surface area contributed by atoms with Crippen molar-refractivity contribution in [1.29, 1.82) is 0 Å². The van der Waals surface area contributed by atoms with Gasteiger partial charge in [0, 0.05) is 13.1 Å². The number of alkyl carbamates (subject to hydrolysis) is 1. The van der Waals surface area contributed by atoms with Crippen LogP contribution in [0.3, 0.4) is 0 Å². The van der Waals surface area contributed by atoms with E-state index < -0.39 is 29.7 Å². The van der Waals surface area contributed by atoms with E-state index in [-0.39, 0.29) is 37.3 Å². The molecule has 0 radical (unpaired) electrons. The molecule has 40 heavy (non-hydrogen) atoms. The van der Waals surface area contributed by atoms with Crippen molar-refractivity contribution in [2.45, 2.75) is 112 Å². The van der Waals surface area contributed by atoms with Crippen molar-refractivity contribution in [2.75, 3.05) is 19.7 Å². The van der Waals surface area contributed by atoms with Gasteiger partial charge in [-0.3, -0.25) is 14.4 Å². The Morgan fingerprint density at radius 3 is 2.25 bits per heavy atom. The second kappa shape index (κ2) is 17.6. The van der Waals surface area contributed by atoms with Crippen LogP contribution in [0.4, 0.5) is 4.79 Å². The van der Waals surface area contributed by atoms with E-state index in [0.29, 0.717) is 24.9 Å². The molecule has 0 aliphatic rings. The van der Waals surface area contributed by atoms with Crippen LogP contribution in [0.1, 0.15) is 104 Å². The Kier molecular flexibility index (Phi) is 15.3. The third-order valence-corrected chi connectivity index (χ3v) is 6.66. The van der Waals surface area contributed by atoms with Gasteiger partial charge in [-0.15, -0.1) is 0 Å². The van der Waals surface area contributed by atoms with Gasteiger partial charge < -0.3 is 25.0 Å². The molecule has 226 valence electrons. The SMILES string of the molecule is CCCCCCN(C(=O)C(NC(=O)OC(C)(C)C)C(C)CC)C(C(=O)NCCC(=O)OCC)c1ccccc1C. The lowest BCUT2D eigenvalue weighted by Gasteiger charge is -2.36. The zero-order chi connectivity index (χ0) is 30.3. The lowest BCUT2D eigenvalue weighted by Crippen LogP contribution is -2.55. The number of carbonyl (C=O) groups is 4. The van der Waals surface area contributed by atoms with Gasteiger partial charge in [-0.05, 0) is 58.1 Å². The number of amides is 3. The fraction of sp³-hybridized carbons (Fsp3) is 0.677. The highest BCUT2D eigenvalue weighted by Gasteiger charge is 2.38. The molecule has 3 amide bonds. The van der Waals surface area contributed by atoms with Gasteiger partial charge in [0.15, 0.2) is 0 Å². The first-order valence-electron chi connectivity index (χ1n) is 14.6. The number of nitrogens with one attached hydrogen (secondary N) is 2. The standard InChI is InChI=1S/C31H51N3O6/c1-9-12-13-16-21-34(29(37)26(22(4)10-2)33-30(38)40-31(6,7)8)27(24-18-15-14-17-23(24)5)28(36)32-20-19-25(35)39-11-3/h14-15,17-18,22,26-27H,9-13,16,19-21H2,1-8H3,(H,32,36)(H,33,38). The molecule has 9 heteroatoms. The Morgan fingerprint density at radius 1 is 1.00 bits per heavy atom. The fourth-order valence-corrected chi connectivity index (χ4v) is 4.33. The van der Waals surface area contributed by atoms with Gasteiger partial charge in [0.2, 0.25) is 11.8 Å². The predicted octanol–water partition coefficient (Wildman–Crippen LogP) is 5.45. The highest BCUT2D eigenvalue weighted by Crippen LogP contribution is 2.27. The topological polar surface area (TPSA) is 114 Å². The number of hydrogen-bond acceptors (Lipinski definition) is 6. The van der Waals surface area contributed by atoms with E-state index in [1.54, 1.807) is 32.6 Å². The highest BCUT2D eigenvalue weighted by atomic mass is 16.6. The zero-order valence-electron chi connectivity index (χ0n) is 25.8. The quantitative estimate of drug-likeness (QED) is 0.205. The van der Waals surface area contributed by atoms with Crippen LogP contribution in [0.2, 0.25) is 0 Å². The number of rotatable bonds is 16. The Hall–Kier alpha value is -3.10.